The third-order valence-corrected chi connectivity index (χ3v) is 3.98. The molecule has 0 aromatic heterocycles. The summed E-state index contributed by atoms with van der Waals surface area (Å²) in [7, 11) is 0. The minimum Gasteiger partial charge on any atom is -0.370 e. The fourth-order valence-electron chi connectivity index (χ4n) is 2.66. The molecule has 1 heterocycles. The monoisotopic (exact) mass is 296 g/mol. The molecular weight excluding hydrogens is 274 g/mol. The van der Waals surface area contributed by atoms with Crippen molar-refractivity contribution in [3.8, 4) is 0 Å². The molecule has 2 rings (SSSR count). The first-order valence-corrected chi connectivity index (χ1v) is 7.31. The Bertz CT molecular complexity index is 494. The van der Waals surface area contributed by atoms with Gasteiger partial charge in [-0.15, -0.1) is 0 Å². The maximum Gasteiger partial charge on any atom is 0.191 e. The Morgan fingerprint density at radius 2 is 1.90 bits per heavy atom. The molecule has 1 unspecified atom stereocenters. The van der Waals surface area contributed by atoms with Crippen molar-refractivity contribution in [2.45, 2.75) is 19.9 Å². The molecule has 4 nitrogen and oxygen atoms in total. The third-order valence-electron chi connectivity index (χ3n) is 3.98. The lowest BCUT2D eigenvalue weighted by Gasteiger charge is -2.29. The lowest BCUT2D eigenvalue weighted by Crippen LogP contribution is -2.42. The van der Waals surface area contributed by atoms with Gasteiger partial charge >= 0.3 is 0 Å². The molecule has 0 spiro atoms. The predicted octanol–water partition coefficient (Wildman–Crippen LogP) is 1.98. The molecule has 6 heteroatoms. The first-order valence-electron chi connectivity index (χ1n) is 7.31. The SMILES string of the molecule is CCN(CC)CCN1C(N)=NCC1c1c(F)cccc1F. The number of rotatable bonds is 6. The normalized spacial score (nSPS) is 18.4. The van der Waals surface area contributed by atoms with Crippen LogP contribution in [0.3, 0.4) is 0 Å². The van der Waals surface area contributed by atoms with Crippen molar-refractivity contribution in [1.29, 1.82) is 0 Å². The highest BCUT2D eigenvalue weighted by Crippen LogP contribution is 2.29. The fraction of sp³-hybridized carbons (Fsp3) is 0.533. The summed E-state index contributed by atoms with van der Waals surface area (Å²) in [5.74, 6) is -0.731. The third kappa shape index (κ3) is 3.32. The van der Waals surface area contributed by atoms with Crippen LogP contribution in [0.4, 0.5) is 8.78 Å². The van der Waals surface area contributed by atoms with Crippen LogP contribution in [-0.2, 0) is 0 Å². The zero-order chi connectivity index (χ0) is 15.4. The van der Waals surface area contributed by atoms with Crippen molar-refractivity contribution in [2.75, 3.05) is 32.7 Å². The average molecular weight is 296 g/mol. The molecule has 0 bridgehead atoms. The van der Waals surface area contributed by atoms with Gasteiger partial charge in [0.15, 0.2) is 5.96 Å². The van der Waals surface area contributed by atoms with E-state index in [1.807, 2.05) is 0 Å². The van der Waals surface area contributed by atoms with E-state index in [2.05, 4.69) is 23.7 Å². The van der Waals surface area contributed by atoms with Crippen LogP contribution in [0.5, 0.6) is 0 Å². The summed E-state index contributed by atoms with van der Waals surface area (Å²) >= 11 is 0. The van der Waals surface area contributed by atoms with Crippen molar-refractivity contribution in [2.24, 2.45) is 10.7 Å². The summed E-state index contributed by atoms with van der Waals surface area (Å²) in [6, 6.07) is 3.46. The van der Waals surface area contributed by atoms with E-state index in [0.717, 1.165) is 19.6 Å². The lowest BCUT2D eigenvalue weighted by molar-refractivity contribution is 0.244. The number of halogens is 2. The maximum absolute atomic E-state index is 14.0. The molecule has 2 N–H and O–H groups in total. The molecule has 0 saturated carbocycles. The number of aliphatic imine (C=N–C) groups is 1. The zero-order valence-corrected chi connectivity index (χ0v) is 12.5. The first-order chi connectivity index (χ1) is 10.1. The van der Waals surface area contributed by atoms with Crippen molar-refractivity contribution < 1.29 is 8.78 Å². The second-order valence-electron chi connectivity index (χ2n) is 5.07. The van der Waals surface area contributed by atoms with Crippen LogP contribution >= 0.6 is 0 Å². The van der Waals surface area contributed by atoms with Crippen LogP contribution in [0, 0.1) is 11.6 Å². The molecular formula is C15H22F2N4. The molecule has 0 aliphatic carbocycles. The number of nitrogens with zero attached hydrogens (tertiary/aromatic N) is 3. The Hall–Kier alpha value is -1.69. The van der Waals surface area contributed by atoms with Crippen molar-refractivity contribution >= 4 is 5.96 Å². The van der Waals surface area contributed by atoms with Crippen molar-refractivity contribution in [3.63, 3.8) is 0 Å². The molecule has 1 atom stereocenters. The highest BCUT2D eigenvalue weighted by molar-refractivity contribution is 5.80. The van der Waals surface area contributed by atoms with Crippen LogP contribution in [0.2, 0.25) is 0 Å². The number of guanidine groups is 1. The summed E-state index contributed by atoms with van der Waals surface area (Å²) in [5, 5.41) is 0. The van der Waals surface area contributed by atoms with Crippen LogP contribution in [-0.4, -0.2) is 48.5 Å². The number of likely N-dealkylation sites (N-methyl/N-ethyl adjacent to an activating group) is 1. The van der Waals surface area contributed by atoms with Crippen LogP contribution < -0.4 is 5.73 Å². The Balaban J connectivity index is 2.16. The Labute approximate surface area is 124 Å². The summed E-state index contributed by atoms with van der Waals surface area (Å²) in [5.41, 5.74) is 5.95. The molecule has 0 radical (unpaired) electrons. The largest absolute Gasteiger partial charge is 0.370 e. The number of benzene rings is 1. The van der Waals surface area contributed by atoms with E-state index in [-0.39, 0.29) is 5.56 Å². The van der Waals surface area contributed by atoms with E-state index < -0.39 is 17.7 Å². The van der Waals surface area contributed by atoms with E-state index in [4.69, 9.17) is 5.73 Å². The summed E-state index contributed by atoms with van der Waals surface area (Å²) in [6.45, 7) is 7.71. The zero-order valence-electron chi connectivity index (χ0n) is 12.5. The Morgan fingerprint density at radius 1 is 1.29 bits per heavy atom. The topological polar surface area (TPSA) is 44.9 Å². The van der Waals surface area contributed by atoms with E-state index in [9.17, 15) is 8.78 Å². The Kier molecular flexibility index (Phi) is 5.12. The quantitative estimate of drug-likeness (QED) is 0.873. The predicted molar refractivity (Wildman–Crippen MR) is 80.1 cm³/mol. The van der Waals surface area contributed by atoms with Gasteiger partial charge in [-0.1, -0.05) is 19.9 Å². The molecule has 0 amide bonds. The molecule has 116 valence electrons. The maximum atomic E-state index is 14.0. The minimum atomic E-state index is -0.544. The van der Waals surface area contributed by atoms with E-state index in [0.29, 0.717) is 19.0 Å². The number of hydrogen-bond acceptors (Lipinski definition) is 4. The van der Waals surface area contributed by atoms with Gasteiger partial charge in [0.2, 0.25) is 0 Å². The molecule has 0 fully saturated rings. The van der Waals surface area contributed by atoms with Gasteiger partial charge in [0, 0.05) is 18.7 Å². The van der Waals surface area contributed by atoms with Gasteiger partial charge in [-0.3, -0.25) is 4.99 Å². The molecule has 1 aliphatic heterocycles. The van der Waals surface area contributed by atoms with Crippen molar-refractivity contribution in [1.82, 2.24) is 9.80 Å². The molecule has 1 aromatic carbocycles. The van der Waals surface area contributed by atoms with Gasteiger partial charge < -0.3 is 15.5 Å². The van der Waals surface area contributed by atoms with Gasteiger partial charge in [0.05, 0.1) is 12.6 Å². The number of nitrogens with two attached hydrogens (primary N) is 1. The minimum absolute atomic E-state index is 0.0567. The molecule has 1 aliphatic rings. The van der Waals surface area contributed by atoms with E-state index >= 15 is 0 Å². The Morgan fingerprint density at radius 3 is 2.48 bits per heavy atom. The van der Waals surface area contributed by atoms with Crippen LogP contribution in [0.25, 0.3) is 0 Å². The van der Waals surface area contributed by atoms with E-state index in [1.165, 1.54) is 18.2 Å². The smallest absolute Gasteiger partial charge is 0.191 e. The second-order valence-corrected chi connectivity index (χ2v) is 5.07. The van der Waals surface area contributed by atoms with Crippen molar-refractivity contribution in [3.05, 3.63) is 35.4 Å². The van der Waals surface area contributed by atoms with Gasteiger partial charge in [0.1, 0.15) is 11.6 Å². The molecule has 0 saturated heterocycles. The van der Waals surface area contributed by atoms with E-state index in [1.54, 1.807) is 4.90 Å². The van der Waals surface area contributed by atoms with Gasteiger partial charge in [-0.05, 0) is 25.2 Å². The molecule has 1 aromatic rings. The summed E-state index contributed by atoms with van der Waals surface area (Å²) in [6.07, 6.45) is 0. The van der Waals surface area contributed by atoms with Gasteiger partial charge in [-0.2, -0.15) is 0 Å². The van der Waals surface area contributed by atoms with Crippen LogP contribution in [0.15, 0.2) is 23.2 Å². The average Bonchev–Trinajstić information content (AvgIpc) is 2.81. The summed E-state index contributed by atoms with van der Waals surface area (Å²) < 4.78 is 27.9. The first kappa shape index (κ1) is 15.7. The van der Waals surface area contributed by atoms with Gasteiger partial charge in [-0.25, -0.2) is 8.78 Å². The van der Waals surface area contributed by atoms with Crippen LogP contribution in [0.1, 0.15) is 25.5 Å². The fourth-order valence-corrected chi connectivity index (χ4v) is 2.66. The summed E-state index contributed by atoms with van der Waals surface area (Å²) in [4.78, 5) is 8.18. The lowest BCUT2D eigenvalue weighted by atomic mass is 10.0. The second kappa shape index (κ2) is 6.85. The van der Waals surface area contributed by atoms with Gasteiger partial charge in [0.25, 0.3) is 0 Å². The number of hydrogen-bond donors (Lipinski definition) is 1. The molecule has 21 heavy (non-hydrogen) atoms. The highest BCUT2D eigenvalue weighted by Gasteiger charge is 2.31. The standard InChI is InChI=1S/C15H22F2N4/c1-3-20(4-2)8-9-21-13(10-19-15(21)18)14-11(16)6-5-7-12(14)17/h5-7,13H,3-4,8-10H2,1-2H3,(H2,18,19). The highest BCUT2D eigenvalue weighted by atomic mass is 19.1.